The van der Waals surface area contributed by atoms with E-state index in [0.717, 1.165) is 5.56 Å². The van der Waals surface area contributed by atoms with Gasteiger partial charge in [-0.25, -0.2) is 0 Å². The summed E-state index contributed by atoms with van der Waals surface area (Å²) in [4.78, 5) is 12.4. The number of allylic oxidation sites excluding steroid dienone is 1. The number of rotatable bonds is 6. The van der Waals surface area contributed by atoms with E-state index in [-0.39, 0.29) is 6.42 Å². The van der Waals surface area contributed by atoms with E-state index in [9.17, 15) is 15.2 Å². The molecule has 1 aliphatic carbocycles. The molecule has 1 saturated carbocycles. The van der Waals surface area contributed by atoms with Gasteiger partial charge in [-0.05, 0) is 74.2 Å². The molecule has 28 heavy (non-hydrogen) atoms. The summed E-state index contributed by atoms with van der Waals surface area (Å²) < 4.78 is 6.44. The van der Waals surface area contributed by atoms with E-state index in [0.29, 0.717) is 14.9 Å². The third kappa shape index (κ3) is 3.07. The summed E-state index contributed by atoms with van der Waals surface area (Å²) in [5.74, 6) is 0.352. The summed E-state index contributed by atoms with van der Waals surface area (Å²) in [5.41, 5.74) is -2.32. The zero-order chi connectivity index (χ0) is 20.6. The maximum absolute atomic E-state index is 12.4. The number of para-hydroxylation sites is 1. The van der Waals surface area contributed by atoms with Crippen LogP contribution in [-0.4, -0.2) is 11.1 Å². The maximum atomic E-state index is 12.4. The first-order valence-electron chi connectivity index (χ1n) is 8.70. The van der Waals surface area contributed by atoms with Crippen LogP contribution in [0.15, 0.2) is 64.1 Å². The second-order valence-electron chi connectivity index (χ2n) is 7.43. The highest BCUT2D eigenvalue weighted by Crippen LogP contribution is 2.80. The standard InChI is InChI=1S/C22H19Br2NO3/c1-20(2)21(14-25,13-18(23)24)22(20,19(26)27)12-15-7-6-10-17(11-15)28-16-8-4-3-5-9-16/h3-11,13H,12H2,1-2H3,(H,26,27). The molecule has 144 valence electrons. The SMILES string of the molecule is CC1(C)C(C#N)(C=C(Br)Br)C1(Cc1cccc(Oc2ccccc2)c1)C(=O)O. The average Bonchev–Trinajstić information content (AvgIpc) is 3.05. The molecular weight excluding hydrogens is 486 g/mol. The van der Waals surface area contributed by atoms with Gasteiger partial charge in [-0.15, -0.1) is 0 Å². The molecule has 0 heterocycles. The largest absolute Gasteiger partial charge is 0.481 e. The fraction of sp³-hybridized carbons (Fsp3) is 0.273. The highest BCUT2D eigenvalue weighted by Gasteiger charge is 2.86. The van der Waals surface area contributed by atoms with Crippen molar-refractivity contribution in [3.05, 3.63) is 69.6 Å². The summed E-state index contributed by atoms with van der Waals surface area (Å²) in [7, 11) is 0. The van der Waals surface area contributed by atoms with Crippen LogP contribution in [0.5, 0.6) is 11.5 Å². The first-order valence-corrected chi connectivity index (χ1v) is 10.3. The van der Waals surface area contributed by atoms with Crippen LogP contribution < -0.4 is 4.74 Å². The molecule has 1 fully saturated rings. The molecule has 0 aromatic heterocycles. The summed E-state index contributed by atoms with van der Waals surface area (Å²) in [6.45, 7) is 3.65. The normalized spacial score (nSPS) is 24.7. The monoisotopic (exact) mass is 503 g/mol. The van der Waals surface area contributed by atoms with Crippen molar-refractivity contribution in [2.24, 2.45) is 16.2 Å². The van der Waals surface area contributed by atoms with E-state index >= 15 is 0 Å². The first kappa shape index (κ1) is 20.6. The predicted molar refractivity (Wildman–Crippen MR) is 114 cm³/mol. The Labute approximate surface area is 181 Å². The molecule has 0 saturated heterocycles. The number of carboxylic acid groups (broad SMARTS) is 1. The number of halogens is 2. The molecule has 2 aromatic carbocycles. The smallest absolute Gasteiger partial charge is 0.312 e. The average molecular weight is 505 g/mol. The van der Waals surface area contributed by atoms with Crippen LogP contribution in [0.4, 0.5) is 0 Å². The zero-order valence-electron chi connectivity index (χ0n) is 15.4. The Hall–Kier alpha value is -2.10. The minimum absolute atomic E-state index is 0.221. The van der Waals surface area contributed by atoms with Gasteiger partial charge in [-0.1, -0.05) is 44.2 Å². The fourth-order valence-electron chi connectivity index (χ4n) is 4.26. The van der Waals surface area contributed by atoms with Gasteiger partial charge in [0.25, 0.3) is 0 Å². The quantitative estimate of drug-likeness (QED) is 0.503. The second-order valence-corrected chi connectivity index (χ2v) is 10.2. The number of carbonyl (C=O) groups is 1. The Kier molecular flexibility index (Phi) is 5.44. The lowest BCUT2D eigenvalue weighted by Gasteiger charge is -2.17. The van der Waals surface area contributed by atoms with Crippen molar-refractivity contribution in [1.29, 1.82) is 5.26 Å². The summed E-state index contributed by atoms with van der Waals surface area (Å²) >= 11 is 6.58. The van der Waals surface area contributed by atoms with Crippen molar-refractivity contribution in [1.82, 2.24) is 0 Å². The Morgan fingerprint density at radius 1 is 1.14 bits per heavy atom. The summed E-state index contributed by atoms with van der Waals surface area (Å²) in [6, 6.07) is 19.0. The first-order chi connectivity index (χ1) is 13.2. The number of aliphatic carboxylic acids is 1. The lowest BCUT2D eigenvalue weighted by atomic mass is 9.86. The van der Waals surface area contributed by atoms with Crippen LogP contribution in [0.3, 0.4) is 0 Å². The molecule has 0 radical (unpaired) electrons. The van der Waals surface area contributed by atoms with Gasteiger partial charge in [-0.2, -0.15) is 5.26 Å². The molecule has 2 aromatic rings. The van der Waals surface area contributed by atoms with Gasteiger partial charge in [0.1, 0.15) is 22.3 Å². The number of carboxylic acids is 1. The number of hydrogen-bond acceptors (Lipinski definition) is 3. The number of benzene rings is 2. The van der Waals surface area contributed by atoms with Crippen molar-refractivity contribution < 1.29 is 14.6 Å². The molecule has 0 aliphatic heterocycles. The molecule has 0 amide bonds. The topological polar surface area (TPSA) is 70.3 Å². The Morgan fingerprint density at radius 3 is 2.36 bits per heavy atom. The van der Waals surface area contributed by atoms with Crippen LogP contribution in [0.2, 0.25) is 0 Å². The Bertz CT molecular complexity index is 977. The van der Waals surface area contributed by atoms with Gasteiger partial charge in [0, 0.05) is 5.41 Å². The fourth-order valence-corrected chi connectivity index (χ4v) is 4.94. The lowest BCUT2D eigenvalue weighted by molar-refractivity contribution is -0.145. The van der Waals surface area contributed by atoms with E-state index in [1.165, 1.54) is 0 Å². The van der Waals surface area contributed by atoms with Crippen LogP contribution >= 0.6 is 31.9 Å². The van der Waals surface area contributed by atoms with Crippen LogP contribution in [-0.2, 0) is 11.2 Å². The van der Waals surface area contributed by atoms with Gasteiger partial charge in [0.05, 0.1) is 9.46 Å². The molecule has 2 unspecified atom stereocenters. The van der Waals surface area contributed by atoms with Gasteiger partial charge in [0.15, 0.2) is 0 Å². The minimum Gasteiger partial charge on any atom is -0.481 e. The molecular formula is C22H19Br2NO3. The van der Waals surface area contributed by atoms with Crippen LogP contribution in [0.1, 0.15) is 19.4 Å². The number of nitriles is 1. The van der Waals surface area contributed by atoms with Gasteiger partial charge >= 0.3 is 5.97 Å². The Balaban J connectivity index is 1.97. The third-order valence-electron chi connectivity index (χ3n) is 5.88. The molecule has 1 N–H and O–H groups in total. The number of nitrogens with zero attached hydrogens (tertiary/aromatic N) is 1. The summed E-state index contributed by atoms with van der Waals surface area (Å²) in [5, 5.41) is 20.1. The minimum atomic E-state index is -1.24. The van der Waals surface area contributed by atoms with E-state index in [2.05, 4.69) is 37.9 Å². The van der Waals surface area contributed by atoms with Crippen molar-refractivity contribution in [3.8, 4) is 17.6 Å². The molecule has 6 heteroatoms. The zero-order valence-corrected chi connectivity index (χ0v) is 18.6. The van der Waals surface area contributed by atoms with Crippen molar-refractivity contribution in [2.45, 2.75) is 20.3 Å². The molecule has 2 atom stereocenters. The second kappa shape index (κ2) is 7.38. The third-order valence-corrected chi connectivity index (χ3v) is 6.34. The summed E-state index contributed by atoms with van der Waals surface area (Å²) in [6.07, 6.45) is 1.88. The van der Waals surface area contributed by atoms with Gasteiger partial charge in [0.2, 0.25) is 0 Å². The molecule has 1 aliphatic rings. The van der Waals surface area contributed by atoms with E-state index in [4.69, 9.17) is 4.74 Å². The van der Waals surface area contributed by atoms with Crippen molar-refractivity contribution in [2.75, 3.05) is 0 Å². The molecule has 0 bridgehead atoms. The lowest BCUT2D eigenvalue weighted by Crippen LogP contribution is -2.26. The predicted octanol–water partition coefficient (Wildman–Crippen LogP) is 6.27. The Morgan fingerprint density at radius 2 is 1.79 bits per heavy atom. The van der Waals surface area contributed by atoms with Gasteiger partial charge in [-0.3, -0.25) is 4.79 Å². The maximum Gasteiger partial charge on any atom is 0.312 e. The van der Waals surface area contributed by atoms with Crippen LogP contribution in [0, 0.1) is 27.6 Å². The highest BCUT2D eigenvalue weighted by atomic mass is 79.9. The van der Waals surface area contributed by atoms with Crippen molar-refractivity contribution in [3.63, 3.8) is 0 Å². The number of ether oxygens (including phenoxy) is 1. The molecule has 3 rings (SSSR count). The molecule has 4 nitrogen and oxygen atoms in total. The number of hydrogen-bond donors (Lipinski definition) is 1. The van der Waals surface area contributed by atoms with E-state index in [1.807, 2.05) is 68.4 Å². The van der Waals surface area contributed by atoms with E-state index < -0.39 is 22.2 Å². The van der Waals surface area contributed by atoms with Crippen molar-refractivity contribution >= 4 is 37.8 Å². The van der Waals surface area contributed by atoms with Gasteiger partial charge < -0.3 is 9.84 Å². The molecule has 0 spiro atoms. The highest BCUT2D eigenvalue weighted by molar-refractivity contribution is 9.28. The van der Waals surface area contributed by atoms with E-state index in [1.54, 1.807) is 6.08 Å². The van der Waals surface area contributed by atoms with Crippen LogP contribution in [0.25, 0.3) is 0 Å².